The number of rotatable bonds is 9. The molecule has 2 N–H and O–H groups in total. The second-order valence-electron chi connectivity index (χ2n) is 8.73. The zero-order valence-electron chi connectivity index (χ0n) is 19.2. The molecular weight excluding hydrogens is 459 g/mol. The van der Waals surface area contributed by atoms with Crippen molar-refractivity contribution in [1.29, 1.82) is 0 Å². The second-order valence-corrected chi connectivity index (χ2v) is 9.84. The molecule has 1 saturated carbocycles. The zero-order chi connectivity index (χ0) is 24.1. The molecule has 4 rings (SSSR count). The Labute approximate surface area is 202 Å². The molecule has 0 atom stereocenters. The molecule has 1 aromatic carbocycles. The van der Waals surface area contributed by atoms with E-state index in [4.69, 9.17) is 9.47 Å². The van der Waals surface area contributed by atoms with Crippen molar-refractivity contribution in [2.45, 2.75) is 50.4 Å². The quantitative estimate of drug-likeness (QED) is 0.414. The highest BCUT2D eigenvalue weighted by Gasteiger charge is 2.47. The number of esters is 1. The number of carbonyl (C=O) groups excluding carboxylic acids is 3. The Morgan fingerprint density at radius 3 is 2.65 bits per heavy atom. The average Bonchev–Trinajstić information content (AvgIpc) is 3.15. The number of hydrogen-bond acceptors (Lipinski definition) is 6. The number of fused-ring (bicyclic) bond motifs is 1. The third-order valence-electron chi connectivity index (χ3n) is 6.55. The van der Waals surface area contributed by atoms with E-state index in [0.29, 0.717) is 42.1 Å². The van der Waals surface area contributed by atoms with Crippen LogP contribution in [0.1, 0.15) is 58.5 Å². The number of anilines is 1. The molecule has 0 bridgehead atoms. The van der Waals surface area contributed by atoms with E-state index < -0.39 is 29.7 Å². The van der Waals surface area contributed by atoms with Gasteiger partial charge in [-0.15, -0.1) is 11.3 Å². The van der Waals surface area contributed by atoms with Crippen LogP contribution in [0.5, 0.6) is 0 Å². The van der Waals surface area contributed by atoms with Crippen LogP contribution in [0, 0.1) is 5.82 Å². The summed E-state index contributed by atoms with van der Waals surface area (Å²) in [6.45, 7) is 0.291. The lowest BCUT2D eigenvalue weighted by Gasteiger charge is -2.39. The van der Waals surface area contributed by atoms with Crippen molar-refractivity contribution in [3.8, 4) is 0 Å². The lowest BCUT2D eigenvalue weighted by Crippen LogP contribution is -2.44. The van der Waals surface area contributed by atoms with Gasteiger partial charge >= 0.3 is 5.97 Å². The monoisotopic (exact) mass is 488 g/mol. The Morgan fingerprint density at radius 1 is 1.15 bits per heavy atom. The maximum atomic E-state index is 13.7. The van der Waals surface area contributed by atoms with E-state index in [1.165, 1.54) is 23.5 Å². The van der Waals surface area contributed by atoms with Gasteiger partial charge in [0.2, 0.25) is 0 Å². The molecular formula is C25H29FN2O5S. The first-order valence-electron chi connectivity index (χ1n) is 11.6. The Hall–Kier alpha value is -2.78. The number of ether oxygens (including phenoxy) is 2. The minimum absolute atomic E-state index is 0.247. The van der Waals surface area contributed by atoms with Crippen LogP contribution in [0.15, 0.2) is 24.3 Å². The van der Waals surface area contributed by atoms with E-state index in [1.807, 2.05) is 0 Å². The first kappa shape index (κ1) is 24.3. The first-order chi connectivity index (χ1) is 16.4. The minimum atomic E-state index is -0.906. The molecule has 0 spiro atoms. The summed E-state index contributed by atoms with van der Waals surface area (Å²) in [5, 5.41) is 6.09. The molecule has 2 amide bonds. The number of aryl methyl sites for hydroxylation is 1. The number of carbonyl (C=O) groups is 3. The summed E-state index contributed by atoms with van der Waals surface area (Å²) in [6.07, 6.45) is 5.65. The third-order valence-corrected chi connectivity index (χ3v) is 7.76. The molecule has 7 nitrogen and oxygen atoms in total. The average molecular weight is 489 g/mol. The minimum Gasteiger partial charge on any atom is -0.455 e. The number of amides is 2. The van der Waals surface area contributed by atoms with Gasteiger partial charge in [0, 0.05) is 18.5 Å². The van der Waals surface area contributed by atoms with Gasteiger partial charge in [0.25, 0.3) is 11.8 Å². The maximum Gasteiger partial charge on any atom is 0.317 e. The smallest absolute Gasteiger partial charge is 0.317 e. The molecule has 9 heteroatoms. The highest BCUT2D eigenvalue weighted by Crippen LogP contribution is 2.45. The van der Waals surface area contributed by atoms with Gasteiger partial charge in [-0.3, -0.25) is 14.4 Å². The van der Waals surface area contributed by atoms with E-state index in [1.54, 1.807) is 19.2 Å². The van der Waals surface area contributed by atoms with Gasteiger partial charge in [-0.05, 0) is 61.8 Å². The predicted octanol–water partition coefficient (Wildman–Crippen LogP) is 3.75. The fourth-order valence-electron chi connectivity index (χ4n) is 4.61. The molecule has 1 fully saturated rings. The molecule has 0 saturated heterocycles. The fourth-order valence-corrected chi connectivity index (χ4v) is 5.91. The largest absolute Gasteiger partial charge is 0.455 e. The number of halogens is 1. The number of benzene rings is 1. The van der Waals surface area contributed by atoms with Crippen LogP contribution in [0.25, 0.3) is 0 Å². The normalized spacial score (nSPS) is 16.2. The van der Waals surface area contributed by atoms with E-state index >= 15 is 0 Å². The zero-order valence-corrected chi connectivity index (χ0v) is 20.0. The van der Waals surface area contributed by atoms with Gasteiger partial charge in [0.15, 0.2) is 6.61 Å². The van der Waals surface area contributed by atoms with Crippen molar-refractivity contribution in [3.05, 3.63) is 51.7 Å². The molecule has 1 heterocycles. The van der Waals surface area contributed by atoms with Crippen LogP contribution >= 0.6 is 11.3 Å². The lowest BCUT2D eigenvalue weighted by molar-refractivity contribution is -0.156. The first-order valence-corrected chi connectivity index (χ1v) is 12.4. The molecule has 0 aliphatic heterocycles. The van der Waals surface area contributed by atoms with Gasteiger partial charge in [-0.2, -0.15) is 0 Å². The summed E-state index contributed by atoms with van der Waals surface area (Å²) >= 11 is 1.41. The summed E-state index contributed by atoms with van der Waals surface area (Å²) in [4.78, 5) is 39.6. The Morgan fingerprint density at radius 2 is 1.94 bits per heavy atom. The van der Waals surface area contributed by atoms with Crippen LogP contribution < -0.4 is 10.6 Å². The number of methoxy groups -OCH3 is 1. The summed E-state index contributed by atoms with van der Waals surface area (Å²) in [7, 11) is 1.56. The maximum absolute atomic E-state index is 13.7. The van der Waals surface area contributed by atoms with Crippen LogP contribution in [0.3, 0.4) is 0 Å². The van der Waals surface area contributed by atoms with Crippen LogP contribution in [0.4, 0.5) is 9.39 Å². The molecule has 2 aliphatic rings. The SMILES string of the molecule is COCCNC(=O)c1c(NC(=O)COC(=O)C2(c3cccc(F)c3)CCC2)sc2c1CCCC2. The van der Waals surface area contributed by atoms with Crippen molar-refractivity contribution in [1.82, 2.24) is 5.32 Å². The number of thiophene rings is 1. The van der Waals surface area contributed by atoms with Crippen LogP contribution in [-0.2, 0) is 37.3 Å². The number of hydrogen-bond donors (Lipinski definition) is 2. The summed E-state index contributed by atoms with van der Waals surface area (Å²) in [6, 6.07) is 5.97. The lowest BCUT2D eigenvalue weighted by atomic mass is 9.64. The topological polar surface area (TPSA) is 93.7 Å². The van der Waals surface area contributed by atoms with Crippen LogP contribution in [0.2, 0.25) is 0 Å². The summed E-state index contributed by atoms with van der Waals surface area (Å²) in [5.74, 6) is -1.69. The molecule has 0 radical (unpaired) electrons. The van der Waals surface area contributed by atoms with Crippen molar-refractivity contribution in [3.63, 3.8) is 0 Å². The van der Waals surface area contributed by atoms with Crippen molar-refractivity contribution < 1.29 is 28.2 Å². The Balaban J connectivity index is 1.43. The van der Waals surface area contributed by atoms with E-state index in [9.17, 15) is 18.8 Å². The number of nitrogens with one attached hydrogen (secondary N) is 2. The van der Waals surface area contributed by atoms with Crippen molar-refractivity contribution >= 4 is 34.1 Å². The van der Waals surface area contributed by atoms with Crippen molar-refractivity contribution in [2.75, 3.05) is 32.2 Å². The summed E-state index contributed by atoms with van der Waals surface area (Å²) < 4.78 is 24.1. The predicted molar refractivity (Wildman–Crippen MR) is 127 cm³/mol. The van der Waals surface area contributed by atoms with Crippen LogP contribution in [-0.4, -0.2) is 44.7 Å². The molecule has 2 aromatic rings. The molecule has 1 aromatic heterocycles. The van der Waals surface area contributed by atoms with Crippen molar-refractivity contribution in [2.24, 2.45) is 0 Å². The molecule has 182 valence electrons. The van der Waals surface area contributed by atoms with Gasteiger partial charge < -0.3 is 20.1 Å². The van der Waals surface area contributed by atoms with Gasteiger partial charge in [-0.25, -0.2) is 4.39 Å². The van der Waals surface area contributed by atoms with E-state index in [2.05, 4.69) is 10.6 Å². The van der Waals surface area contributed by atoms with E-state index in [-0.39, 0.29) is 5.91 Å². The highest BCUT2D eigenvalue weighted by molar-refractivity contribution is 7.17. The van der Waals surface area contributed by atoms with E-state index in [0.717, 1.165) is 42.5 Å². The molecule has 2 aliphatic carbocycles. The Bertz CT molecular complexity index is 1080. The van der Waals surface area contributed by atoms with Gasteiger partial charge in [-0.1, -0.05) is 18.6 Å². The second kappa shape index (κ2) is 10.7. The fraction of sp³-hybridized carbons (Fsp3) is 0.480. The van der Waals surface area contributed by atoms with Gasteiger partial charge in [0.05, 0.1) is 17.6 Å². The third kappa shape index (κ3) is 5.00. The molecule has 0 unspecified atom stereocenters. The standard InChI is InChI=1S/C25H29FN2O5S/c1-32-13-12-27-22(30)21-18-8-2-3-9-19(18)34-23(21)28-20(29)15-33-24(31)25(10-5-11-25)16-6-4-7-17(26)14-16/h4,6-7,14H,2-3,5,8-13,15H2,1H3,(H,27,30)(H,28,29). The highest BCUT2D eigenvalue weighted by atomic mass is 32.1. The Kier molecular flexibility index (Phi) is 7.63. The summed E-state index contributed by atoms with van der Waals surface area (Å²) in [5.41, 5.74) is 1.14. The van der Waals surface area contributed by atoms with Gasteiger partial charge in [0.1, 0.15) is 10.8 Å². The molecule has 34 heavy (non-hydrogen) atoms.